The van der Waals surface area contributed by atoms with E-state index in [1.165, 1.54) is 0 Å². The zero-order valence-corrected chi connectivity index (χ0v) is 18.3. The monoisotopic (exact) mass is 458 g/mol. The van der Waals surface area contributed by atoms with E-state index in [0.717, 1.165) is 0 Å². The summed E-state index contributed by atoms with van der Waals surface area (Å²) in [6.07, 6.45) is 7.11. The number of aliphatic imine (C=N–C) groups is 1. The second-order valence-corrected chi connectivity index (χ2v) is 7.19. The average Bonchev–Trinajstić information content (AvgIpc) is 3.33. The predicted octanol–water partition coefficient (Wildman–Crippen LogP) is 1.73. The molecule has 12 heteroatoms. The largest absolute Gasteiger partial charge is 0.490 e. The quantitative estimate of drug-likeness (QED) is 0.300. The number of guanidine groups is 1. The number of ether oxygens (including phenoxy) is 2. The normalized spacial score (nSPS) is 14.1. The van der Waals surface area contributed by atoms with Crippen LogP contribution >= 0.6 is 0 Å². The highest BCUT2D eigenvalue weighted by molar-refractivity contribution is 5.98. The van der Waals surface area contributed by atoms with Crippen LogP contribution in [-0.2, 0) is 6.54 Å². The summed E-state index contributed by atoms with van der Waals surface area (Å²) in [6.45, 7) is 3.34. The molecule has 0 fully saturated rings. The molecule has 3 aromatic rings. The molecule has 0 saturated heterocycles. The van der Waals surface area contributed by atoms with Gasteiger partial charge in [0.1, 0.15) is 35.9 Å². The Bertz CT molecular complexity index is 1300. The van der Waals surface area contributed by atoms with Crippen LogP contribution in [0.1, 0.15) is 29.7 Å². The molecule has 12 nitrogen and oxygen atoms in total. The Kier molecular flexibility index (Phi) is 6.32. The Morgan fingerprint density at radius 3 is 2.79 bits per heavy atom. The number of nitriles is 2. The SMILES string of the molecule is CCOc1cc(C2N=C(NC#N)Nc3nc(N)c(C#N)c(N)c32)ccc1OCCn1ccnc1. The molecule has 0 aliphatic carbocycles. The second-order valence-electron chi connectivity index (χ2n) is 7.19. The summed E-state index contributed by atoms with van der Waals surface area (Å²) >= 11 is 0. The molecule has 3 heterocycles. The zero-order chi connectivity index (χ0) is 24.1. The van der Waals surface area contributed by atoms with Crippen molar-refractivity contribution in [2.45, 2.75) is 19.5 Å². The van der Waals surface area contributed by atoms with E-state index in [1.54, 1.807) is 24.7 Å². The molecule has 0 saturated carbocycles. The molecule has 0 radical (unpaired) electrons. The first-order valence-corrected chi connectivity index (χ1v) is 10.4. The molecular weight excluding hydrogens is 436 g/mol. The van der Waals surface area contributed by atoms with Gasteiger partial charge in [0.15, 0.2) is 17.7 Å². The number of nitrogens with one attached hydrogen (secondary N) is 2. The van der Waals surface area contributed by atoms with Crippen molar-refractivity contribution in [2.24, 2.45) is 4.99 Å². The molecule has 1 aromatic carbocycles. The number of rotatable bonds is 7. The van der Waals surface area contributed by atoms with Gasteiger partial charge in [-0.05, 0) is 24.6 Å². The lowest BCUT2D eigenvalue weighted by atomic mass is 9.95. The van der Waals surface area contributed by atoms with Crippen molar-refractivity contribution in [1.29, 1.82) is 10.5 Å². The van der Waals surface area contributed by atoms with Crippen LogP contribution in [0.25, 0.3) is 0 Å². The van der Waals surface area contributed by atoms with E-state index in [4.69, 9.17) is 26.2 Å². The minimum atomic E-state index is -0.675. The summed E-state index contributed by atoms with van der Waals surface area (Å²) in [5.74, 6) is 1.57. The van der Waals surface area contributed by atoms with Gasteiger partial charge >= 0.3 is 0 Å². The van der Waals surface area contributed by atoms with Crippen molar-refractivity contribution in [2.75, 3.05) is 30.0 Å². The van der Waals surface area contributed by atoms with E-state index in [9.17, 15) is 5.26 Å². The van der Waals surface area contributed by atoms with Crippen LogP contribution in [0, 0.1) is 22.8 Å². The first-order chi connectivity index (χ1) is 16.5. The van der Waals surface area contributed by atoms with Crippen molar-refractivity contribution >= 4 is 23.3 Å². The standard InChI is InChI=1S/C22H22N10O2/c1-2-33-16-9-13(3-4-15(16)34-8-7-32-6-5-27-12-32)19-17-18(25)14(10-23)20(26)30-21(17)31-22(29-19)28-11-24/h3-6,9,12,19H,2,7-8H2,1H3,(H6,25,26,28,29,30,31). The summed E-state index contributed by atoms with van der Waals surface area (Å²) in [5, 5.41) is 23.9. The zero-order valence-electron chi connectivity index (χ0n) is 18.3. The molecule has 0 amide bonds. The molecule has 1 aliphatic rings. The number of aromatic nitrogens is 3. The number of nitrogens with zero attached hydrogens (tertiary/aromatic N) is 6. The number of hydrogen-bond donors (Lipinski definition) is 4. The highest BCUT2D eigenvalue weighted by atomic mass is 16.5. The van der Waals surface area contributed by atoms with Crippen molar-refractivity contribution in [3.05, 3.63) is 53.6 Å². The number of fused-ring (bicyclic) bond motifs is 1. The van der Waals surface area contributed by atoms with E-state index in [0.29, 0.717) is 48.2 Å². The van der Waals surface area contributed by atoms with Crippen LogP contribution in [0.3, 0.4) is 0 Å². The predicted molar refractivity (Wildman–Crippen MR) is 125 cm³/mol. The Balaban J connectivity index is 1.71. The smallest absolute Gasteiger partial charge is 0.211 e. The number of benzene rings is 1. The van der Waals surface area contributed by atoms with Gasteiger partial charge in [0.25, 0.3) is 0 Å². The molecule has 172 valence electrons. The van der Waals surface area contributed by atoms with Gasteiger partial charge in [-0.1, -0.05) is 6.07 Å². The lowest BCUT2D eigenvalue weighted by Gasteiger charge is -2.26. The summed E-state index contributed by atoms with van der Waals surface area (Å²) in [6, 6.07) is 6.72. The van der Waals surface area contributed by atoms with Crippen LogP contribution in [0.5, 0.6) is 11.5 Å². The van der Waals surface area contributed by atoms with Gasteiger partial charge in [-0.15, -0.1) is 0 Å². The molecule has 1 unspecified atom stereocenters. The number of hydrogen-bond acceptors (Lipinski definition) is 11. The summed E-state index contributed by atoms with van der Waals surface area (Å²) in [4.78, 5) is 12.9. The number of pyridine rings is 1. The van der Waals surface area contributed by atoms with Gasteiger partial charge < -0.3 is 30.8 Å². The molecular formula is C22H22N10O2. The second kappa shape index (κ2) is 9.67. The molecule has 34 heavy (non-hydrogen) atoms. The van der Waals surface area contributed by atoms with Gasteiger partial charge in [-0.3, -0.25) is 5.32 Å². The van der Waals surface area contributed by atoms with Crippen LogP contribution in [-0.4, -0.2) is 33.7 Å². The fourth-order valence-electron chi connectivity index (χ4n) is 3.58. The van der Waals surface area contributed by atoms with Crippen LogP contribution in [0.4, 0.5) is 17.3 Å². The third kappa shape index (κ3) is 4.33. The topological polar surface area (TPSA) is 185 Å². The maximum Gasteiger partial charge on any atom is 0.211 e. The highest BCUT2D eigenvalue weighted by Crippen LogP contribution is 2.42. The summed E-state index contributed by atoms with van der Waals surface area (Å²) in [7, 11) is 0. The minimum absolute atomic E-state index is 0.0140. The Morgan fingerprint density at radius 2 is 2.09 bits per heavy atom. The van der Waals surface area contributed by atoms with Crippen molar-refractivity contribution in [1.82, 2.24) is 19.9 Å². The van der Waals surface area contributed by atoms with Gasteiger partial charge in [-0.2, -0.15) is 10.5 Å². The first kappa shape index (κ1) is 22.2. The maximum absolute atomic E-state index is 9.49. The average molecular weight is 458 g/mol. The van der Waals surface area contributed by atoms with Gasteiger partial charge in [0.05, 0.1) is 25.2 Å². The fourth-order valence-corrected chi connectivity index (χ4v) is 3.58. The third-order valence-electron chi connectivity index (χ3n) is 5.11. The Hall–Kier alpha value is -4.97. The number of imidazole rings is 1. The van der Waals surface area contributed by atoms with Gasteiger partial charge in [0, 0.05) is 18.0 Å². The van der Waals surface area contributed by atoms with E-state index in [1.807, 2.05) is 36.0 Å². The molecule has 1 aliphatic heterocycles. The maximum atomic E-state index is 9.49. The number of nitrogen functional groups attached to an aromatic ring is 2. The van der Waals surface area contributed by atoms with Crippen molar-refractivity contribution in [3.8, 4) is 23.8 Å². The van der Waals surface area contributed by atoms with Crippen LogP contribution < -0.4 is 31.6 Å². The molecule has 1 atom stereocenters. The summed E-state index contributed by atoms with van der Waals surface area (Å²) < 4.78 is 13.7. The van der Waals surface area contributed by atoms with Crippen LogP contribution in [0.2, 0.25) is 0 Å². The molecule has 4 rings (SSSR count). The number of anilines is 3. The fraction of sp³-hybridized carbons (Fsp3) is 0.227. The summed E-state index contributed by atoms with van der Waals surface area (Å²) in [5.41, 5.74) is 13.6. The third-order valence-corrected chi connectivity index (χ3v) is 5.11. The molecule has 2 aromatic heterocycles. The first-order valence-electron chi connectivity index (χ1n) is 10.4. The van der Waals surface area contributed by atoms with Crippen LogP contribution in [0.15, 0.2) is 41.9 Å². The Morgan fingerprint density at radius 1 is 1.24 bits per heavy atom. The van der Waals surface area contributed by atoms with Crippen molar-refractivity contribution in [3.63, 3.8) is 0 Å². The Labute approximate surface area is 195 Å². The number of nitrogens with two attached hydrogens (primary N) is 2. The lowest BCUT2D eigenvalue weighted by molar-refractivity contribution is 0.266. The molecule has 0 bridgehead atoms. The van der Waals surface area contributed by atoms with Crippen molar-refractivity contribution < 1.29 is 9.47 Å². The minimum Gasteiger partial charge on any atom is -0.490 e. The highest BCUT2D eigenvalue weighted by Gasteiger charge is 2.30. The van der Waals surface area contributed by atoms with E-state index in [-0.39, 0.29) is 23.0 Å². The van der Waals surface area contributed by atoms with E-state index < -0.39 is 6.04 Å². The van der Waals surface area contributed by atoms with E-state index in [2.05, 4.69) is 25.6 Å². The molecule has 0 spiro atoms. The van der Waals surface area contributed by atoms with Gasteiger partial charge in [0.2, 0.25) is 5.96 Å². The lowest BCUT2D eigenvalue weighted by Crippen LogP contribution is -2.32. The molecule has 6 N–H and O–H groups in total. The van der Waals surface area contributed by atoms with E-state index >= 15 is 0 Å². The van der Waals surface area contributed by atoms with Gasteiger partial charge in [-0.25, -0.2) is 15.0 Å².